The average molecular weight is 326 g/mol. The minimum Gasteiger partial charge on any atom is -0.496 e. The Bertz CT molecular complexity index is 772. The van der Waals surface area contributed by atoms with Gasteiger partial charge in [-0.2, -0.15) is 0 Å². The first kappa shape index (κ1) is 17.7. The van der Waals surface area contributed by atoms with Gasteiger partial charge in [-0.25, -0.2) is 0 Å². The minimum absolute atomic E-state index is 0.0653. The Morgan fingerprint density at radius 2 is 1.12 bits per heavy atom. The fourth-order valence-electron chi connectivity index (χ4n) is 2.96. The fraction of sp³-hybridized carbons (Fsp3) is 0.300. The van der Waals surface area contributed by atoms with Crippen molar-refractivity contribution in [2.24, 2.45) is 0 Å². The van der Waals surface area contributed by atoms with Crippen molar-refractivity contribution in [1.82, 2.24) is 0 Å². The van der Waals surface area contributed by atoms with Gasteiger partial charge in [-0.3, -0.25) is 9.59 Å². The lowest BCUT2D eigenvalue weighted by molar-refractivity contribution is -0.131. The van der Waals surface area contributed by atoms with Gasteiger partial charge in [-0.05, 0) is 74.2 Å². The third kappa shape index (κ3) is 3.48. The summed E-state index contributed by atoms with van der Waals surface area (Å²) in [6, 6.07) is 7.17. The summed E-state index contributed by atoms with van der Waals surface area (Å²) < 4.78 is 10.6. The van der Waals surface area contributed by atoms with E-state index < -0.39 is 0 Å². The van der Waals surface area contributed by atoms with E-state index in [-0.39, 0.29) is 11.8 Å². The van der Waals surface area contributed by atoms with E-state index in [4.69, 9.17) is 9.47 Å². The molecule has 2 rings (SSSR count). The molecule has 0 N–H and O–H groups in total. The number of carbonyl (C=O) groups is 2. The van der Waals surface area contributed by atoms with E-state index in [0.29, 0.717) is 16.9 Å². The van der Waals surface area contributed by atoms with E-state index in [1.807, 2.05) is 39.8 Å². The molecular weight excluding hydrogens is 304 g/mol. The first-order valence-electron chi connectivity index (χ1n) is 7.74. The smallest absolute Gasteiger partial charge is 0.308 e. The van der Waals surface area contributed by atoms with Gasteiger partial charge in [0.25, 0.3) is 0 Å². The van der Waals surface area contributed by atoms with Gasteiger partial charge in [0.15, 0.2) is 5.78 Å². The maximum absolute atomic E-state index is 12.8. The van der Waals surface area contributed by atoms with Crippen LogP contribution in [0.2, 0.25) is 0 Å². The maximum atomic E-state index is 12.8. The maximum Gasteiger partial charge on any atom is 0.308 e. The Kier molecular flexibility index (Phi) is 5.07. The number of methoxy groups -OCH3 is 1. The molecule has 0 amide bonds. The Labute approximate surface area is 142 Å². The summed E-state index contributed by atoms with van der Waals surface area (Å²) in [6.45, 7) is 8.85. The van der Waals surface area contributed by atoms with Crippen molar-refractivity contribution < 1.29 is 19.1 Å². The summed E-state index contributed by atoms with van der Waals surface area (Å²) in [5, 5.41) is 0. The molecule has 0 atom stereocenters. The topological polar surface area (TPSA) is 52.6 Å². The molecule has 0 radical (unpaired) electrons. The minimum atomic E-state index is -0.373. The lowest BCUT2D eigenvalue weighted by Gasteiger charge is -2.13. The molecule has 0 fully saturated rings. The molecule has 0 unspecified atom stereocenters. The SMILES string of the molecule is COc1c(C)cc(C(=O)c2cc(C)c(OC(C)=O)c(C)c2)cc1C. The Balaban J connectivity index is 2.46. The zero-order valence-electron chi connectivity index (χ0n) is 14.9. The van der Waals surface area contributed by atoms with Crippen molar-refractivity contribution in [2.75, 3.05) is 7.11 Å². The van der Waals surface area contributed by atoms with Crippen molar-refractivity contribution in [1.29, 1.82) is 0 Å². The van der Waals surface area contributed by atoms with Gasteiger partial charge in [0, 0.05) is 18.1 Å². The van der Waals surface area contributed by atoms with Crippen molar-refractivity contribution in [3.8, 4) is 11.5 Å². The monoisotopic (exact) mass is 326 g/mol. The highest BCUT2D eigenvalue weighted by atomic mass is 16.5. The Hall–Kier alpha value is -2.62. The third-order valence-corrected chi connectivity index (χ3v) is 3.89. The predicted molar refractivity (Wildman–Crippen MR) is 93.1 cm³/mol. The molecule has 2 aromatic carbocycles. The number of aryl methyl sites for hydroxylation is 4. The molecule has 0 bridgehead atoms. The zero-order chi connectivity index (χ0) is 18.0. The van der Waals surface area contributed by atoms with Crippen LogP contribution in [-0.2, 0) is 4.79 Å². The number of ether oxygens (including phenoxy) is 2. The Morgan fingerprint density at radius 1 is 0.750 bits per heavy atom. The molecule has 4 heteroatoms. The molecule has 126 valence electrons. The van der Waals surface area contributed by atoms with Gasteiger partial charge in [0.05, 0.1) is 7.11 Å². The van der Waals surface area contributed by atoms with E-state index >= 15 is 0 Å². The molecule has 0 saturated carbocycles. The lowest BCUT2D eigenvalue weighted by Crippen LogP contribution is -2.08. The number of rotatable bonds is 4. The molecular formula is C20H22O4. The first-order valence-corrected chi connectivity index (χ1v) is 7.74. The van der Waals surface area contributed by atoms with Crippen LogP contribution < -0.4 is 9.47 Å². The summed E-state index contributed by atoms with van der Waals surface area (Å²) in [4.78, 5) is 24.0. The van der Waals surface area contributed by atoms with E-state index in [1.54, 1.807) is 19.2 Å². The van der Waals surface area contributed by atoms with Gasteiger partial charge < -0.3 is 9.47 Å². The molecule has 0 aliphatic rings. The summed E-state index contributed by atoms with van der Waals surface area (Å²) in [6.07, 6.45) is 0. The number of ketones is 1. The standard InChI is InChI=1S/C20H22O4/c1-11-7-16(8-12(2)19(11)23-6)18(22)17-9-13(3)20(14(4)10-17)24-15(5)21/h7-10H,1-6H3. The predicted octanol–water partition coefficient (Wildman–Crippen LogP) is 4.09. The third-order valence-electron chi connectivity index (χ3n) is 3.89. The van der Waals surface area contributed by atoms with Gasteiger partial charge in [-0.1, -0.05) is 0 Å². The molecule has 24 heavy (non-hydrogen) atoms. The van der Waals surface area contributed by atoms with E-state index in [2.05, 4.69) is 0 Å². The zero-order valence-corrected chi connectivity index (χ0v) is 14.9. The quantitative estimate of drug-likeness (QED) is 0.482. The molecule has 0 spiro atoms. The fourth-order valence-corrected chi connectivity index (χ4v) is 2.96. The molecule has 0 aromatic heterocycles. The molecule has 2 aromatic rings. The molecule has 0 heterocycles. The van der Waals surface area contributed by atoms with E-state index in [1.165, 1.54) is 6.92 Å². The van der Waals surface area contributed by atoms with Crippen molar-refractivity contribution >= 4 is 11.8 Å². The number of carbonyl (C=O) groups excluding carboxylic acids is 2. The highest BCUT2D eigenvalue weighted by Crippen LogP contribution is 2.29. The van der Waals surface area contributed by atoms with E-state index in [9.17, 15) is 9.59 Å². The van der Waals surface area contributed by atoms with E-state index in [0.717, 1.165) is 28.0 Å². The summed E-state index contributed by atoms with van der Waals surface area (Å²) in [7, 11) is 1.62. The van der Waals surface area contributed by atoms with Crippen LogP contribution in [0.15, 0.2) is 24.3 Å². The van der Waals surface area contributed by atoms with Crippen LogP contribution in [0.5, 0.6) is 11.5 Å². The van der Waals surface area contributed by atoms with Crippen molar-refractivity contribution in [2.45, 2.75) is 34.6 Å². The number of hydrogen-bond acceptors (Lipinski definition) is 4. The summed E-state index contributed by atoms with van der Waals surface area (Å²) >= 11 is 0. The number of esters is 1. The Morgan fingerprint density at radius 3 is 1.46 bits per heavy atom. The van der Waals surface area contributed by atoms with Crippen LogP contribution in [0.3, 0.4) is 0 Å². The average Bonchev–Trinajstić information content (AvgIpc) is 2.49. The molecule has 0 saturated heterocycles. The van der Waals surface area contributed by atoms with Crippen LogP contribution in [0.25, 0.3) is 0 Å². The number of benzene rings is 2. The van der Waals surface area contributed by atoms with Crippen LogP contribution in [0.4, 0.5) is 0 Å². The first-order chi connectivity index (χ1) is 11.2. The largest absolute Gasteiger partial charge is 0.496 e. The second-order valence-corrected chi connectivity index (χ2v) is 6.01. The van der Waals surface area contributed by atoms with Crippen LogP contribution in [0, 0.1) is 27.7 Å². The second kappa shape index (κ2) is 6.87. The second-order valence-electron chi connectivity index (χ2n) is 6.01. The summed E-state index contributed by atoms with van der Waals surface area (Å²) in [5.41, 5.74) is 4.55. The summed E-state index contributed by atoms with van der Waals surface area (Å²) in [5.74, 6) is 0.872. The van der Waals surface area contributed by atoms with Crippen LogP contribution >= 0.6 is 0 Å². The van der Waals surface area contributed by atoms with Crippen molar-refractivity contribution in [3.63, 3.8) is 0 Å². The highest BCUT2D eigenvalue weighted by molar-refractivity contribution is 6.09. The normalized spacial score (nSPS) is 10.4. The van der Waals surface area contributed by atoms with Gasteiger partial charge in [-0.15, -0.1) is 0 Å². The molecule has 4 nitrogen and oxygen atoms in total. The number of hydrogen-bond donors (Lipinski definition) is 0. The lowest BCUT2D eigenvalue weighted by atomic mass is 9.96. The van der Waals surface area contributed by atoms with Crippen LogP contribution in [-0.4, -0.2) is 18.9 Å². The van der Waals surface area contributed by atoms with Gasteiger partial charge >= 0.3 is 5.97 Å². The molecule has 0 aliphatic heterocycles. The van der Waals surface area contributed by atoms with Gasteiger partial charge in [0.2, 0.25) is 0 Å². The van der Waals surface area contributed by atoms with Crippen molar-refractivity contribution in [3.05, 3.63) is 57.6 Å². The van der Waals surface area contributed by atoms with Gasteiger partial charge in [0.1, 0.15) is 11.5 Å². The highest BCUT2D eigenvalue weighted by Gasteiger charge is 2.16. The van der Waals surface area contributed by atoms with Crippen LogP contribution in [0.1, 0.15) is 45.1 Å². The molecule has 0 aliphatic carbocycles.